The lowest BCUT2D eigenvalue weighted by molar-refractivity contribution is 0.1000. The highest BCUT2D eigenvalue weighted by Gasteiger charge is 2.30. The summed E-state index contributed by atoms with van der Waals surface area (Å²) in [6, 6.07) is 18.2. The van der Waals surface area contributed by atoms with Crippen LogP contribution in [0.1, 0.15) is 50.9 Å². The molecule has 4 nitrogen and oxygen atoms in total. The van der Waals surface area contributed by atoms with E-state index in [-0.39, 0.29) is 6.04 Å². The number of fused-ring (bicyclic) bond motifs is 1. The van der Waals surface area contributed by atoms with Crippen LogP contribution in [-0.4, -0.2) is 10.5 Å². The van der Waals surface area contributed by atoms with Gasteiger partial charge in [-0.05, 0) is 55.5 Å². The van der Waals surface area contributed by atoms with Gasteiger partial charge in [0.1, 0.15) is 0 Å². The van der Waals surface area contributed by atoms with Crippen molar-refractivity contribution in [2.45, 2.75) is 32.7 Å². The van der Waals surface area contributed by atoms with E-state index in [9.17, 15) is 4.79 Å². The van der Waals surface area contributed by atoms with Crippen LogP contribution in [0.2, 0.25) is 0 Å². The fraction of sp³-hybridized carbons (Fsp3) is 0.217. The highest BCUT2D eigenvalue weighted by molar-refractivity contribution is 6.02. The Morgan fingerprint density at radius 1 is 1.11 bits per heavy atom. The van der Waals surface area contributed by atoms with Gasteiger partial charge in [-0.2, -0.15) is 5.26 Å². The first-order chi connectivity index (χ1) is 13.0. The van der Waals surface area contributed by atoms with E-state index in [1.807, 2.05) is 26.0 Å². The summed E-state index contributed by atoms with van der Waals surface area (Å²) in [6.45, 7) is 4.02. The smallest absolute Gasteiger partial charge is 0.251 e. The van der Waals surface area contributed by atoms with E-state index in [4.69, 9.17) is 11.0 Å². The third-order valence-corrected chi connectivity index (χ3v) is 5.66. The molecule has 1 aliphatic rings. The van der Waals surface area contributed by atoms with Gasteiger partial charge in [0.05, 0.1) is 23.2 Å². The average molecular weight is 355 g/mol. The molecule has 1 aromatic heterocycles. The second kappa shape index (κ2) is 6.44. The Hall–Kier alpha value is -3.32. The minimum Gasteiger partial charge on any atom is -0.366 e. The molecule has 1 amide bonds. The Kier molecular flexibility index (Phi) is 4.08. The van der Waals surface area contributed by atoms with Crippen molar-refractivity contribution in [2.75, 3.05) is 0 Å². The molecule has 2 aromatic carbocycles. The predicted octanol–water partition coefficient (Wildman–Crippen LogP) is 4.28. The van der Waals surface area contributed by atoms with Gasteiger partial charge in [-0.3, -0.25) is 4.79 Å². The molecule has 0 fully saturated rings. The minimum atomic E-state index is -0.417. The molecular weight excluding hydrogens is 334 g/mol. The summed E-state index contributed by atoms with van der Waals surface area (Å²) in [4.78, 5) is 12.3. The number of benzene rings is 2. The molecule has 2 N–H and O–H groups in total. The molecule has 0 radical (unpaired) electrons. The second-order valence-corrected chi connectivity index (χ2v) is 7.10. The third-order valence-electron chi connectivity index (χ3n) is 5.66. The zero-order chi connectivity index (χ0) is 19.1. The molecule has 134 valence electrons. The molecule has 27 heavy (non-hydrogen) atoms. The first-order valence-electron chi connectivity index (χ1n) is 9.12. The van der Waals surface area contributed by atoms with Crippen LogP contribution in [0.15, 0.2) is 48.5 Å². The fourth-order valence-corrected chi connectivity index (χ4v) is 4.49. The van der Waals surface area contributed by atoms with Gasteiger partial charge in [0.2, 0.25) is 0 Å². The van der Waals surface area contributed by atoms with Crippen LogP contribution in [0.3, 0.4) is 0 Å². The quantitative estimate of drug-likeness (QED) is 0.762. The van der Waals surface area contributed by atoms with Crippen LogP contribution in [0, 0.1) is 25.2 Å². The summed E-state index contributed by atoms with van der Waals surface area (Å²) >= 11 is 0. The summed E-state index contributed by atoms with van der Waals surface area (Å²) in [5.74, 6) is -0.417. The Bertz CT molecular complexity index is 1080. The number of nitrogens with zero attached hydrogens (tertiary/aromatic N) is 2. The third kappa shape index (κ3) is 2.63. The molecular formula is C23H21N3O. The molecule has 4 heteroatoms. The maximum atomic E-state index is 12.3. The molecule has 1 heterocycles. The molecule has 0 aliphatic heterocycles. The van der Waals surface area contributed by atoms with Crippen molar-refractivity contribution in [3.63, 3.8) is 0 Å². The van der Waals surface area contributed by atoms with E-state index in [0.717, 1.165) is 35.4 Å². The molecule has 1 aliphatic carbocycles. The lowest BCUT2D eigenvalue weighted by atomic mass is 9.99. The highest BCUT2D eigenvalue weighted by Crippen LogP contribution is 2.41. The van der Waals surface area contributed by atoms with Gasteiger partial charge in [0.15, 0.2) is 0 Å². The summed E-state index contributed by atoms with van der Waals surface area (Å²) < 4.78 is 2.26. The number of hydrogen-bond donors (Lipinski definition) is 1. The van der Waals surface area contributed by atoms with Crippen molar-refractivity contribution >= 4 is 5.91 Å². The number of primary amides is 1. The predicted molar refractivity (Wildman–Crippen MR) is 105 cm³/mol. The number of aromatic nitrogens is 1. The number of nitrogens with two attached hydrogens (primary N) is 1. The SMILES string of the molecule is Cc1c(C(N)=O)c(-c2ccc(C#N)cc2)c(C)n1C1CCc2ccccc21. The molecule has 3 aromatic rings. The molecule has 4 rings (SSSR count). The highest BCUT2D eigenvalue weighted by atomic mass is 16.1. The summed E-state index contributed by atoms with van der Waals surface area (Å²) in [6.07, 6.45) is 2.05. The molecule has 0 saturated carbocycles. The van der Waals surface area contributed by atoms with E-state index >= 15 is 0 Å². The van der Waals surface area contributed by atoms with E-state index in [1.165, 1.54) is 11.1 Å². The lowest BCUT2D eigenvalue weighted by Gasteiger charge is -2.19. The van der Waals surface area contributed by atoms with E-state index < -0.39 is 5.91 Å². The van der Waals surface area contributed by atoms with E-state index in [1.54, 1.807) is 12.1 Å². The second-order valence-electron chi connectivity index (χ2n) is 7.10. The van der Waals surface area contributed by atoms with Gasteiger partial charge in [-0.25, -0.2) is 0 Å². The summed E-state index contributed by atoms with van der Waals surface area (Å²) in [7, 11) is 0. The van der Waals surface area contributed by atoms with Crippen molar-refractivity contribution in [3.05, 3.63) is 82.2 Å². The number of amides is 1. The summed E-state index contributed by atoms with van der Waals surface area (Å²) in [5.41, 5.74) is 13.4. The lowest BCUT2D eigenvalue weighted by Crippen LogP contribution is -2.15. The Morgan fingerprint density at radius 3 is 2.48 bits per heavy atom. The van der Waals surface area contributed by atoms with Crippen molar-refractivity contribution in [1.29, 1.82) is 5.26 Å². The first-order valence-corrected chi connectivity index (χ1v) is 9.12. The van der Waals surface area contributed by atoms with Gasteiger partial charge >= 0.3 is 0 Å². The van der Waals surface area contributed by atoms with Crippen molar-refractivity contribution in [3.8, 4) is 17.2 Å². The molecule has 0 spiro atoms. The van der Waals surface area contributed by atoms with Crippen molar-refractivity contribution in [2.24, 2.45) is 5.73 Å². The minimum absolute atomic E-state index is 0.214. The Balaban J connectivity index is 1.93. The normalized spacial score (nSPS) is 15.4. The van der Waals surface area contributed by atoms with Gasteiger partial charge in [0, 0.05) is 17.0 Å². The van der Waals surface area contributed by atoms with Crippen LogP contribution < -0.4 is 5.73 Å². The number of aryl methyl sites for hydroxylation is 1. The molecule has 1 atom stereocenters. The topological polar surface area (TPSA) is 71.8 Å². The Morgan fingerprint density at radius 2 is 1.81 bits per heavy atom. The number of carbonyl (C=O) groups excluding carboxylic acids is 1. The first kappa shape index (κ1) is 17.1. The van der Waals surface area contributed by atoms with E-state index in [2.05, 4.69) is 34.9 Å². The molecule has 0 saturated heterocycles. The zero-order valence-corrected chi connectivity index (χ0v) is 15.5. The van der Waals surface area contributed by atoms with Crippen LogP contribution in [0.25, 0.3) is 11.1 Å². The van der Waals surface area contributed by atoms with Crippen molar-refractivity contribution < 1.29 is 4.79 Å². The van der Waals surface area contributed by atoms with Crippen LogP contribution in [0.4, 0.5) is 0 Å². The summed E-state index contributed by atoms with van der Waals surface area (Å²) in [5, 5.41) is 9.05. The monoisotopic (exact) mass is 355 g/mol. The average Bonchev–Trinajstić information content (AvgIpc) is 3.20. The maximum Gasteiger partial charge on any atom is 0.251 e. The number of rotatable bonds is 3. The van der Waals surface area contributed by atoms with Crippen LogP contribution >= 0.6 is 0 Å². The fourth-order valence-electron chi connectivity index (χ4n) is 4.49. The van der Waals surface area contributed by atoms with Gasteiger partial charge in [0.25, 0.3) is 5.91 Å². The van der Waals surface area contributed by atoms with Crippen molar-refractivity contribution in [1.82, 2.24) is 4.57 Å². The Labute approximate surface area is 158 Å². The molecule has 0 bridgehead atoms. The molecule has 1 unspecified atom stereocenters. The number of carbonyl (C=O) groups is 1. The number of nitriles is 1. The van der Waals surface area contributed by atoms with E-state index in [0.29, 0.717) is 11.1 Å². The van der Waals surface area contributed by atoms with Crippen LogP contribution in [0.5, 0.6) is 0 Å². The van der Waals surface area contributed by atoms with Crippen LogP contribution in [-0.2, 0) is 6.42 Å². The zero-order valence-electron chi connectivity index (χ0n) is 15.5. The van der Waals surface area contributed by atoms with Gasteiger partial charge in [-0.15, -0.1) is 0 Å². The van der Waals surface area contributed by atoms with Gasteiger partial charge in [-0.1, -0.05) is 36.4 Å². The number of hydrogen-bond acceptors (Lipinski definition) is 2. The maximum absolute atomic E-state index is 12.3. The standard InChI is InChI=1S/C23H21N3O/c1-14-21(18-9-7-16(13-24)8-10-18)22(23(25)27)15(2)26(14)20-12-11-17-5-3-4-6-19(17)20/h3-10,20H,11-12H2,1-2H3,(H2,25,27). The largest absolute Gasteiger partial charge is 0.366 e. The van der Waals surface area contributed by atoms with Gasteiger partial charge < -0.3 is 10.3 Å².